The Morgan fingerprint density at radius 1 is 1.30 bits per heavy atom. The molecule has 6 heteroatoms. The second kappa shape index (κ2) is 5.66. The number of imidazole rings is 1. The number of pyridine rings is 1. The summed E-state index contributed by atoms with van der Waals surface area (Å²) in [7, 11) is 5.72. The van der Waals surface area contributed by atoms with Gasteiger partial charge in [0.2, 0.25) is 11.8 Å². The Morgan fingerprint density at radius 3 is 2.55 bits per heavy atom. The monoisotopic (exact) mass is 277 g/mol. The van der Waals surface area contributed by atoms with Crippen molar-refractivity contribution in [1.82, 2.24) is 19.4 Å². The molecular formula is C14H23N5O. The van der Waals surface area contributed by atoms with E-state index in [2.05, 4.69) is 42.8 Å². The number of hydrogen-bond acceptors (Lipinski definition) is 5. The molecule has 0 aliphatic heterocycles. The van der Waals surface area contributed by atoms with Crippen molar-refractivity contribution in [3.05, 3.63) is 12.1 Å². The Bertz CT molecular complexity index is 591. The molecule has 0 saturated heterocycles. The fourth-order valence-corrected chi connectivity index (χ4v) is 2.38. The predicted molar refractivity (Wildman–Crippen MR) is 80.9 cm³/mol. The zero-order valence-electron chi connectivity index (χ0n) is 12.8. The predicted octanol–water partition coefficient (Wildman–Crippen LogP) is 1.78. The van der Waals surface area contributed by atoms with Crippen molar-refractivity contribution in [3.8, 4) is 5.88 Å². The molecule has 0 saturated carbocycles. The van der Waals surface area contributed by atoms with Crippen LogP contribution in [0.2, 0.25) is 0 Å². The second-order valence-corrected chi connectivity index (χ2v) is 5.61. The highest BCUT2D eigenvalue weighted by atomic mass is 16.5. The molecule has 0 radical (unpaired) electrons. The number of hydrogen-bond donors (Lipinski definition) is 1. The summed E-state index contributed by atoms with van der Waals surface area (Å²) < 4.78 is 7.22. The van der Waals surface area contributed by atoms with Crippen molar-refractivity contribution in [3.63, 3.8) is 0 Å². The van der Waals surface area contributed by atoms with E-state index in [9.17, 15) is 0 Å². The molecule has 6 nitrogen and oxygen atoms in total. The molecule has 0 bridgehead atoms. The molecule has 2 aromatic rings. The smallest absolute Gasteiger partial charge is 0.215 e. The van der Waals surface area contributed by atoms with Crippen molar-refractivity contribution < 1.29 is 4.74 Å². The summed E-state index contributed by atoms with van der Waals surface area (Å²) in [6.45, 7) is 5.24. The maximum absolute atomic E-state index is 6.11. The average molecular weight is 277 g/mol. The standard InChI is InChI=1S/C14H23N5O/c1-9(2)11(8-18(3)4)19-13-10(16-14(19)15)6-7-12(17-13)20-5/h6-7,9,11H,8H2,1-5H3,(H2,15,16). The fraction of sp³-hybridized carbons (Fsp3) is 0.571. The lowest BCUT2D eigenvalue weighted by molar-refractivity contribution is 0.274. The van der Waals surface area contributed by atoms with Crippen LogP contribution in [0, 0.1) is 5.92 Å². The van der Waals surface area contributed by atoms with Crippen LogP contribution in [0.25, 0.3) is 11.2 Å². The lowest BCUT2D eigenvalue weighted by atomic mass is 10.0. The highest BCUT2D eigenvalue weighted by Gasteiger charge is 2.22. The van der Waals surface area contributed by atoms with Gasteiger partial charge in [-0.2, -0.15) is 4.98 Å². The SMILES string of the molecule is COc1ccc2nc(N)n(C(CN(C)C)C(C)C)c2n1. The van der Waals surface area contributed by atoms with E-state index in [4.69, 9.17) is 10.5 Å². The van der Waals surface area contributed by atoms with Crippen molar-refractivity contribution >= 4 is 17.1 Å². The molecule has 110 valence electrons. The average Bonchev–Trinajstić information content (AvgIpc) is 2.70. The normalized spacial score (nSPS) is 13.3. The summed E-state index contributed by atoms with van der Waals surface area (Å²) in [5.41, 5.74) is 7.69. The summed E-state index contributed by atoms with van der Waals surface area (Å²) in [4.78, 5) is 11.1. The zero-order valence-corrected chi connectivity index (χ0v) is 12.8. The Balaban J connectivity index is 2.57. The van der Waals surface area contributed by atoms with Gasteiger partial charge in [-0.25, -0.2) is 4.98 Å². The third kappa shape index (κ3) is 2.70. The van der Waals surface area contributed by atoms with E-state index in [-0.39, 0.29) is 6.04 Å². The summed E-state index contributed by atoms with van der Waals surface area (Å²) in [6, 6.07) is 3.91. The number of rotatable bonds is 5. The van der Waals surface area contributed by atoms with Gasteiger partial charge in [0.15, 0.2) is 5.65 Å². The molecule has 0 aliphatic rings. The highest BCUT2D eigenvalue weighted by Crippen LogP contribution is 2.28. The van der Waals surface area contributed by atoms with E-state index in [1.807, 2.05) is 10.6 Å². The van der Waals surface area contributed by atoms with Crippen molar-refractivity contribution in [1.29, 1.82) is 0 Å². The molecule has 20 heavy (non-hydrogen) atoms. The lowest BCUT2D eigenvalue weighted by Crippen LogP contribution is -2.29. The van der Waals surface area contributed by atoms with Crippen LogP contribution in [0.1, 0.15) is 19.9 Å². The molecule has 1 unspecified atom stereocenters. The Kier molecular flexibility index (Phi) is 4.13. The Labute approximate surface area is 119 Å². The highest BCUT2D eigenvalue weighted by molar-refractivity contribution is 5.75. The molecular weight excluding hydrogens is 254 g/mol. The van der Waals surface area contributed by atoms with Crippen LogP contribution in [0.15, 0.2) is 12.1 Å². The molecule has 2 aromatic heterocycles. The maximum Gasteiger partial charge on any atom is 0.215 e. The maximum atomic E-state index is 6.11. The molecule has 0 fully saturated rings. The van der Waals surface area contributed by atoms with Gasteiger partial charge in [0, 0.05) is 12.6 Å². The number of methoxy groups -OCH3 is 1. The van der Waals surface area contributed by atoms with Crippen LogP contribution < -0.4 is 10.5 Å². The van der Waals surface area contributed by atoms with Crippen LogP contribution in [0.4, 0.5) is 5.95 Å². The topological polar surface area (TPSA) is 69.2 Å². The van der Waals surface area contributed by atoms with E-state index in [1.165, 1.54) is 0 Å². The first-order valence-corrected chi connectivity index (χ1v) is 6.77. The number of nitrogens with two attached hydrogens (primary N) is 1. The van der Waals surface area contributed by atoms with Gasteiger partial charge in [-0.1, -0.05) is 13.8 Å². The Hall–Kier alpha value is -1.82. The fourth-order valence-electron chi connectivity index (χ4n) is 2.38. The Morgan fingerprint density at radius 2 is 2.00 bits per heavy atom. The minimum Gasteiger partial charge on any atom is -0.481 e. The molecule has 0 aromatic carbocycles. The van der Waals surface area contributed by atoms with E-state index in [1.54, 1.807) is 13.2 Å². The van der Waals surface area contributed by atoms with Crippen LogP contribution in [-0.2, 0) is 0 Å². The summed E-state index contributed by atoms with van der Waals surface area (Å²) in [5, 5.41) is 0. The molecule has 1 atom stereocenters. The number of nitrogen functional groups attached to an aromatic ring is 1. The summed E-state index contributed by atoms with van der Waals surface area (Å²) in [5.74, 6) is 1.50. The second-order valence-electron chi connectivity index (χ2n) is 5.61. The van der Waals surface area contributed by atoms with Crippen LogP contribution >= 0.6 is 0 Å². The number of likely N-dealkylation sites (N-methyl/N-ethyl adjacent to an activating group) is 1. The van der Waals surface area contributed by atoms with Crippen molar-refractivity contribution in [2.45, 2.75) is 19.9 Å². The molecule has 0 aliphatic carbocycles. The summed E-state index contributed by atoms with van der Waals surface area (Å²) in [6.07, 6.45) is 0. The van der Waals surface area contributed by atoms with Gasteiger partial charge in [0.1, 0.15) is 5.52 Å². The van der Waals surface area contributed by atoms with Crippen LogP contribution in [0.5, 0.6) is 5.88 Å². The van der Waals surface area contributed by atoms with Gasteiger partial charge in [0.25, 0.3) is 0 Å². The largest absolute Gasteiger partial charge is 0.481 e. The van der Waals surface area contributed by atoms with Crippen LogP contribution in [-0.4, -0.2) is 47.2 Å². The van der Waals surface area contributed by atoms with Crippen molar-refractivity contribution in [2.24, 2.45) is 5.92 Å². The van der Waals surface area contributed by atoms with Gasteiger partial charge in [-0.05, 0) is 26.1 Å². The molecule has 2 N–H and O–H groups in total. The summed E-state index contributed by atoms with van der Waals surface area (Å²) >= 11 is 0. The molecule has 2 rings (SSSR count). The molecule has 0 amide bonds. The number of anilines is 1. The minimum atomic E-state index is 0.217. The van der Waals surface area contributed by atoms with Crippen LogP contribution in [0.3, 0.4) is 0 Å². The zero-order chi connectivity index (χ0) is 14.9. The van der Waals surface area contributed by atoms with E-state index in [0.29, 0.717) is 17.7 Å². The lowest BCUT2D eigenvalue weighted by Gasteiger charge is -2.26. The van der Waals surface area contributed by atoms with E-state index < -0.39 is 0 Å². The third-order valence-corrected chi connectivity index (χ3v) is 3.40. The van der Waals surface area contributed by atoms with Gasteiger partial charge < -0.3 is 15.4 Å². The molecule has 2 heterocycles. The minimum absolute atomic E-state index is 0.217. The first-order valence-electron chi connectivity index (χ1n) is 6.77. The number of ether oxygens (including phenoxy) is 1. The quantitative estimate of drug-likeness (QED) is 0.902. The number of fused-ring (bicyclic) bond motifs is 1. The van der Waals surface area contributed by atoms with E-state index >= 15 is 0 Å². The van der Waals surface area contributed by atoms with Gasteiger partial charge in [-0.3, -0.25) is 4.57 Å². The van der Waals surface area contributed by atoms with E-state index in [0.717, 1.165) is 17.7 Å². The van der Waals surface area contributed by atoms with Gasteiger partial charge in [-0.15, -0.1) is 0 Å². The van der Waals surface area contributed by atoms with Gasteiger partial charge in [0.05, 0.1) is 13.2 Å². The molecule has 0 spiro atoms. The van der Waals surface area contributed by atoms with Crippen molar-refractivity contribution in [2.75, 3.05) is 33.5 Å². The van der Waals surface area contributed by atoms with Gasteiger partial charge >= 0.3 is 0 Å². The third-order valence-electron chi connectivity index (χ3n) is 3.40. The number of aromatic nitrogens is 3. The number of nitrogens with zero attached hydrogens (tertiary/aromatic N) is 4. The first kappa shape index (κ1) is 14.6. The first-order chi connectivity index (χ1) is 9.43.